The SMILES string of the molecule is OC1CCCN(CC(O)COc2ccc(-c3ccc(N4CCCCC4)cc3)cc2)C1. The molecular weight excluding hydrogens is 376 g/mol. The number of hydrogen-bond donors (Lipinski definition) is 2. The van der Waals surface area contributed by atoms with E-state index in [9.17, 15) is 10.2 Å². The average Bonchev–Trinajstić information content (AvgIpc) is 2.79. The van der Waals surface area contributed by atoms with Crippen molar-refractivity contribution in [2.45, 2.75) is 44.3 Å². The molecule has 0 aromatic heterocycles. The molecule has 2 N–H and O–H groups in total. The maximum atomic E-state index is 10.3. The molecule has 0 amide bonds. The number of likely N-dealkylation sites (tertiary alicyclic amines) is 1. The average molecular weight is 411 g/mol. The van der Waals surface area contributed by atoms with Gasteiger partial charge in [0.05, 0.1) is 6.10 Å². The van der Waals surface area contributed by atoms with Gasteiger partial charge in [0.25, 0.3) is 0 Å². The highest BCUT2D eigenvalue weighted by Crippen LogP contribution is 2.26. The Morgan fingerprint density at radius 2 is 1.53 bits per heavy atom. The summed E-state index contributed by atoms with van der Waals surface area (Å²) >= 11 is 0. The van der Waals surface area contributed by atoms with Crippen LogP contribution in [0.25, 0.3) is 11.1 Å². The van der Waals surface area contributed by atoms with Crippen LogP contribution in [0.1, 0.15) is 32.1 Å². The summed E-state index contributed by atoms with van der Waals surface area (Å²) in [5.74, 6) is 0.765. The molecule has 2 aliphatic heterocycles. The van der Waals surface area contributed by atoms with E-state index in [-0.39, 0.29) is 12.7 Å². The molecule has 2 saturated heterocycles. The fraction of sp³-hybridized carbons (Fsp3) is 0.520. The van der Waals surface area contributed by atoms with Gasteiger partial charge in [-0.1, -0.05) is 24.3 Å². The van der Waals surface area contributed by atoms with E-state index in [2.05, 4.69) is 46.2 Å². The van der Waals surface area contributed by atoms with Crippen LogP contribution < -0.4 is 9.64 Å². The van der Waals surface area contributed by atoms with Gasteiger partial charge in [-0.3, -0.25) is 4.90 Å². The number of benzene rings is 2. The van der Waals surface area contributed by atoms with Crippen molar-refractivity contribution in [3.63, 3.8) is 0 Å². The predicted molar refractivity (Wildman–Crippen MR) is 121 cm³/mol. The van der Waals surface area contributed by atoms with Crippen molar-refractivity contribution in [1.29, 1.82) is 0 Å². The van der Waals surface area contributed by atoms with Crippen LogP contribution in [-0.4, -0.2) is 66.7 Å². The molecule has 2 aliphatic rings. The van der Waals surface area contributed by atoms with Crippen molar-refractivity contribution in [3.05, 3.63) is 48.5 Å². The summed E-state index contributed by atoms with van der Waals surface area (Å²) < 4.78 is 5.78. The first-order chi connectivity index (χ1) is 14.7. The molecule has 2 atom stereocenters. The lowest BCUT2D eigenvalue weighted by atomic mass is 10.0. The molecule has 0 saturated carbocycles. The van der Waals surface area contributed by atoms with E-state index in [1.165, 1.54) is 30.5 Å². The zero-order chi connectivity index (χ0) is 20.8. The number of aliphatic hydroxyl groups is 2. The van der Waals surface area contributed by atoms with Crippen LogP contribution in [0.5, 0.6) is 5.75 Å². The van der Waals surface area contributed by atoms with E-state index in [1.54, 1.807) is 0 Å². The molecule has 0 aliphatic carbocycles. The van der Waals surface area contributed by atoms with E-state index in [0.29, 0.717) is 13.1 Å². The molecule has 0 bridgehead atoms. The maximum Gasteiger partial charge on any atom is 0.119 e. The molecule has 2 aromatic rings. The Balaban J connectivity index is 1.27. The van der Waals surface area contributed by atoms with Gasteiger partial charge in [0.15, 0.2) is 0 Å². The van der Waals surface area contributed by atoms with Gasteiger partial charge < -0.3 is 19.8 Å². The molecular formula is C25H34N2O3. The van der Waals surface area contributed by atoms with Gasteiger partial charge in [0.1, 0.15) is 18.5 Å². The molecule has 2 heterocycles. The van der Waals surface area contributed by atoms with Gasteiger partial charge in [0.2, 0.25) is 0 Å². The van der Waals surface area contributed by atoms with Crippen LogP contribution in [0.2, 0.25) is 0 Å². The Morgan fingerprint density at radius 3 is 2.20 bits per heavy atom. The van der Waals surface area contributed by atoms with Crippen LogP contribution >= 0.6 is 0 Å². The van der Waals surface area contributed by atoms with Crippen LogP contribution in [0.3, 0.4) is 0 Å². The third kappa shape index (κ3) is 5.75. The summed E-state index contributed by atoms with van der Waals surface area (Å²) in [7, 11) is 0. The first-order valence-corrected chi connectivity index (χ1v) is 11.3. The third-order valence-electron chi connectivity index (χ3n) is 6.17. The highest BCUT2D eigenvalue weighted by Gasteiger charge is 2.20. The highest BCUT2D eigenvalue weighted by atomic mass is 16.5. The van der Waals surface area contributed by atoms with Gasteiger partial charge in [-0.05, 0) is 74.0 Å². The Labute approximate surface area is 179 Å². The molecule has 30 heavy (non-hydrogen) atoms. The number of hydrogen-bond acceptors (Lipinski definition) is 5. The van der Waals surface area contributed by atoms with Crippen LogP contribution in [-0.2, 0) is 0 Å². The molecule has 5 heteroatoms. The van der Waals surface area contributed by atoms with Crippen molar-refractivity contribution in [2.75, 3.05) is 44.2 Å². The fourth-order valence-corrected chi connectivity index (χ4v) is 4.50. The number of piperidine rings is 2. The molecule has 0 spiro atoms. The van der Waals surface area contributed by atoms with Gasteiger partial charge in [-0.2, -0.15) is 0 Å². The number of β-amino-alcohol motifs (C(OH)–C–C–N with tert-alkyl or cyclic N) is 2. The summed E-state index contributed by atoms with van der Waals surface area (Å²) in [6.07, 6.45) is 4.94. The minimum Gasteiger partial charge on any atom is -0.491 e. The van der Waals surface area contributed by atoms with Gasteiger partial charge in [-0.15, -0.1) is 0 Å². The minimum atomic E-state index is -0.558. The van der Waals surface area contributed by atoms with E-state index < -0.39 is 6.10 Å². The number of ether oxygens (including phenoxy) is 1. The van der Waals surface area contributed by atoms with Gasteiger partial charge >= 0.3 is 0 Å². The summed E-state index contributed by atoms with van der Waals surface area (Å²) in [5, 5.41) is 20.0. The second-order valence-corrected chi connectivity index (χ2v) is 8.64. The molecule has 2 unspecified atom stereocenters. The van der Waals surface area contributed by atoms with Crippen molar-refractivity contribution in [1.82, 2.24) is 4.90 Å². The third-order valence-corrected chi connectivity index (χ3v) is 6.17. The van der Waals surface area contributed by atoms with E-state index >= 15 is 0 Å². The normalized spacial score (nSPS) is 21.4. The largest absolute Gasteiger partial charge is 0.491 e. The van der Waals surface area contributed by atoms with E-state index in [1.807, 2.05) is 12.1 Å². The van der Waals surface area contributed by atoms with Gasteiger partial charge in [-0.25, -0.2) is 0 Å². The van der Waals surface area contributed by atoms with E-state index in [4.69, 9.17) is 4.74 Å². The summed E-state index contributed by atoms with van der Waals surface area (Å²) in [5.41, 5.74) is 3.68. The molecule has 162 valence electrons. The summed E-state index contributed by atoms with van der Waals surface area (Å²) in [4.78, 5) is 4.58. The fourth-order valence-electron chi connectivity index (χ4n) is 4.50. The Bertz CT molecular complexity index is 772. The molecule has 2 fully saturated rings. The lowest BCUT2D eigenvalue weighted by Gasteiger charge is -2.31. The maximum absolute atomic E-state index is 10.3. The van der Waals surface area contributed by atoms with Crippen LogP contribution in [0.4, 0.5) is 5.69 Å². The second kappa shape index (κ2) is 10.3. The van der Waals surface area contributed by atoms with Crippen molar-refractivity contribution < 1.29 is 14.9 Å². The number of anilines is 1. The first-order valence-electron chi connectivity index (χ1n) is 11.3. The van der Waals surface area contributed by atoms with Crippen molar-refractivity contribution in [2.24, 2.45) is 0 Å². The Hall–Kier alpha value is -2.08. The summed E-state index contributed by atoms with van der Waals surface area (Å²) in [6, 6.07) is 16.9. The molecule has 5 nitrogen and oxygen atoms in total. The second-order valence-electron chi connectivity index (χ2n) is 8.64. The zero-order valence-corrected chi connectivity index (χ0v) is 17.7. The number of rotatable bonds is 7. The summed E-state index contributed by atoms with van der Waals surface area (Å²) in [6.45, 7) is 4.70. The molecule has 0 radical (unpaired) electrons. The quantitative estimate of drug-likeness (QED) is 0.731. The van der Waals surface area contributed by atoms with Gasteiger partial charge in [0, 0.05) is 31.9 Å². The minimum absolute atomic E-state index is 0.260. The van der Waals surface area contributed by atoms with Crippen molar-refractivity contribution in [3.8, 4) is 16.9 Å². The molecule has 2 aromatic carbocycles. The Morgan fingerprint density at radius 1 is 0.867 bits per heavy atom. The van der Waals surface area contributed by atoms with Crippen LogP contribution in [0.15, 0.2) is 48.5 Å². The van der Waals surface area contributed by atoms with Crippen molar-refractivity contribution >= 4 is 5.69 Å². The predicted octanol–water partition coefficient (Wildman–Crippen LogP) is 3.54. The van der Waals surface area contributed by atoms with Crippen LogP contribution in [0, 0.1) is 0 Å². The topological polar surface area (TPSA) is 56.2 Å². The number of aliphatic hydroxyl groups excluding tert-OH is 2. The molecule has 4 rings (SSSR count). The zero-order valence-electron chi connectivity index (χ0n) is 17.7. The van der Waals surface area contributed by atoms with E-state index in [0.717, 1.165) is 43.8 Å². The monoisotopic (exact) mass is 410 g/mol. The lowest BCUT2D eigenvalue weighted by molar-refractivity contribution is 0.0243. The number of nitrogens with zero attached hydrogens (tertiary/aromatic N) is 2. The highest BCUT2D eigenvalue weighted by molar-refractivity contribution is 5.67. The first kappa shape index (κ1) is 21.2. The smallest absolute Gasteiger partial charge is 0.119 e. The lowest BCUT2D eigenvalue weighted by Crippen LogP contribution is -2.43. The standard InChI is InChI=1S/C25H34N2O3/c28-23-5-4-14-26(17-23)18-24(29)19-30-25-12-8-21(9-13-25)20-6-10-22(11-7-20)27-15-2-1-3-16-27/h6-13,23-24,28-29H,1-5,14-19H2. The Kier molecular flexibility index (Phi) is 7.26.